The number of allylic oxidation sites excluding steroid dienone is 5. The van der Waals surface area contributed by atoms with Crippen LogP contribution in [0.1, 0.15) is 6.92 Å². The highest BCUT2D eigenvalue weighted by atomic mass is 16.4. The number of carboxylic acid groups (broad SMARTS) is 1. The van der Waals surface area contributed by atoms with Crippen LogP contribution in [0.15, 0.2) is 36.5 Å². The van der Waals surface area contributed by atoms with Crippen molar-refractivity contribution in [2.75, 3.05) is 0 Å². The molecule has 0 radical (unpaired) electrons. The fourth-order valence-electron chi connectivity index (χ4n) is 0.521. The Kier molecular flexibility index (Phi) is 5.97. The first-order valence-corrected chi connectivity index (χ1v) is 3.71. The second-order valence-corrected chi connectivity index (χ2v) is 2.24. The minimum atomic E-state index is -0.982. The van der Waals surface area contributed by atoms with Crippen molar-refractivity contribution < 1.29 is 14.7 Å². The molecule has 1 N–H and O–H groups in total. The van der Waals surface area contributed by atoms with Crippen molar-refractivity contribution in [1.82, 2.24) is 0 Å². The first-order valence-electron chi connectivity index (χ1n) is 3.71. The molecule has 3 heteroatoms. The van der Waals surface area contributed by atoms with Crippen molar-refractivity contribution in [3.05, 3.63) is 42.9 Å². The van der Waals surface area contributed by atoms with Gasteiger partial charge in [0.15, 0.2) is 5.78 Å². The summed E-state index contributed by atoms with van der Waals surface area (Å²) in [5.74, 6) is -1.00. The van der Waals surface area contributed by atoms with Crippen LogP contribution in [0, 0.1) is 6.42 Å². The van der Waals surface area contributed by atoms with E-state index in [0.717, 1.165) is 6.08 Å². The maximum atomic E-state index is 10.4. The lowest BCUT2D eigenvalue weighted by Crippen LogP contribution is -1.84. The van der Waals surface area contributed by atoms with Gasteiger partial charge in [-0.2, -0.15) is 0 Å². The number of rotatable bonds is 5. The zero-order chi connectivity index (χ0) is 10.1. The van der Waals surface area contributed by atoms with Gasteiger partial charge in [-0.25, -0.2) is 4.79 Å². The average Bonchev–Trinajstić information content (AvgIpc) is 2.01. The molecule has 0 aliphatic carbocycles. The van der Waals surface area contributed by atoms with Gasteiger partial charge >= 0.3 is 5.97 Å². The van der Waals surface area contributed by atoms with Crippen LogP contribution in [0.5, 0.6) is 0 Å². The van der Waals surface area contributed by atoms with Gasteiger partial charge < -0.3 is 5.11 Å². The van der Waals surface area contributed by atoms with E-state index in [1.165, 1.54) is 19.1 Å². The third-order valence-electron chi connectivity index (χ3n) is 1.01. The van der Waals surface area contributed by atoms with E-state index < -0.39 is 5.97 Å². The smallest absolute Gasteiger partial charge is 0.384 e. The van der Waals surface area contributed by atoms with Gasteiger partial charge in [-0.05, 0) is 19.1 Å². The zero-order valence-corrected chi connectivity index (χ0v) is 7.31. The Morgan fingerprint density at radius 2 is 1.85 bits per heavy atom. The van der Waals surface area contributed by atoms with Gasteiger partial charge in [-0.1, -0.05) is 0 Å². The first-order chi connectivity index (χ1) is 6.13. The fourth-order valence-corrected chi connectivity index (χ4v) is 0.521. The molecular weight excluding hydrogens is 168 g/mol. The number of carbonyl (C=O) groups excluding carboxylic acids is 1. The van der Waals surface area contributed by atoms with Crippen LogP contribution in [-0.2, 0) is 9.59 Å². The van der Waals surface area contributed by atoms with E-state index >= 15 is 0 Å². The molecular formula is C10H11O3+. The monoisotopic (exact) mass is 179 g/mol. The van der Waals surface area contributed by atoms with Gasteiger partial charge in [0, 0.05) is 18.6 Å². The molecule has 0 unspecified atom stereocenters. The van der Waals surface area contributed by atoms with Crippen molar-refractivity contribution in [2.45, 2.75) is 6.92 Å². The van der Waals surface area contributed by atoms with Crippen LogP contribution in [0.3, 0.4) is 0 Å². The van der Waals surface area contributed by atoms with E-state index in [0.29, 0.717) is 0 Å². The number of aliphatic carboxylic acids is 1. The second kappa shape index (κ2) is 6.91. The Hall–Kier alpha value is -1.77. The summed E-state index contributed by atoms with van der Waals surface area (Å²) in [5, 5.41) is 8.20. The normalized spacial score (nSPS) is 11.5. The van der Waals surface area contributed by atoms with Gasteiger partial charge in [0.05, 0.1) is 6.08 Å². The number of carbonyl (C=O) groups is 2. The lowest BCUT2D eigenvalue weighted by molar-refractivity contribution is -0.131. The molecule has 0 amide bonds. The minimum Gasteiger partial charge on any atom is -0.468 e. The number of hydrogen-bond acceptors (Lipinski definition) is 2. The largest absolute Gasteiger partial charge is 0.468 e. The predicted molar refractivity (Wildman–Crippen MR) is 50.0 cm³/mol. The van der Waals surface area contributed by atoms with Crippen LogP contribution in [0.4, 0.5) is 0 Å². The molecule has 0 heterocycles. The van der Waals surface area contributed by atoms with E-state index in [-0.39, 0.29) is 5.78 Å². The van der Waals surface area contributed by atoms with Crippen LogP contribution in [0.25, 0.3) is 0 Å². The lowest BCUT2D eigenvalue weighted by Gasteiger charge is -1.73. The van der Waals surface area contributed by atoms with Crippen molar-refractivity contribution >= 4 is 11.8 Å². The van der Waals surface area contributed by atoms with Crippen LogP contribution >= 0.6 is 0 Å². The van der Waals surface area contributed by atoms with Crippen molar-refractivity contribution in [2.24, 2.45) is 0 Å². The van der Waals surface area contributed by atoms with E-state index in [2.05, 4.69) is 0 Å². The summed E-state index contributed by atoms with van der Waals surface area (Å²) >= 11 is 0. The molecule has 0 saturated heterocycles. The van der Waals surface area contributed by atoms with Gasteiger partial charge in [-0.3, -0.25) is 4.79 Å². The Morgan fingerprint density at radius 3 is 2.38 bits per heavy atom. The molecule has 3 nitrogen and oxygen atoms in total. The maximum absolute atomic E-state index is 10.4. The molecule has 0 fully saturated rings. The van der Waals surface area contributed by atoms with E-state index in [9.17, 15) is 9.59 Å². The number of ketones is 1. The van der Waals surface area contributed by atoms with Gasteiger partial charge in [0.2, 0.25) is 0 Å². The molecule has 0 rings (SSSR count). The summed E-state index contributed by atoms with van der Waals surface area (Å²) in [7, 11) is 0. The maximum Gasteiger partial charge on any atom is 0.384 e. The SMILES string of the molecule is CC(=O)/C=C\C=C[CH+]/C=C\C(=O)O. The lowest BCUT2D eigenvalue weighted by atomic mass is 10.3. The Bertz CT molecular complexity index is 259. The Morgan fingerprint density at radius 1 is 1.15 bits per heavy atom. The molecule has 0 atom stereocenters. The van der Waals surface area contributed by atoms with E-state index in [4.69, 9.17) is 5.11 Å². The molecule has 68 valence electrons. The van der Waals surface area contributed by atoms with E-state index in [1.807, 2.05) is 0 Å². The number of carboxylic acids is 1. The molecule has 0 aliphatic rings. The highest BCUT2D eigenvalue weighted by Gasteiger charge is 1.88. The average molecular weight is 179 g/mol. The fraction of sp³-hybridized carbons (Fsp3) is 0.100. The topological polar surface area (TPSA) is 54.4 Å². The summed E-state index contributed by atoms with van der Waals surface area (Å²) in [6.07, 6.45) is 10.3. The molecule has 0 aromatic rings. The first kappa shape index (κ1) is 11.2. The molecule has 0 aromatic heterocycles. The third-order valence-corrected chi connectivity index (χ3v) is 1.01. The van der Waals surface area contributed by atoms with Gasteiger partial charge in [0.25, 0.3) is 0 Å². The zero-order valence-electron chi connectivity index (χ0n) is 7.31. The standard InChI is InChI=1S/C10H10O3/c1-9(11)7-5-3-2-4-6-8-10(12)13/h2-8H,1H3/p+1/b3-2?,7-5-,8-6-. The number of hydrogen-bond donors (Lipinski definition) is 1. The molecule has 0 saturated carbocycles. The van der Waals surface area contributed by atoms with Crippen molar-refractivity contribution in [3.8, 4) is 0 Å². The Labute approximate surface area is 77.1 Å². The molecule has 0 aliphatic heterocycles. The highest BCUT2D eigenvalue weighted by molar-refractivity contribution is 5.87. The van der Waals surface area contributed by atoms with Gasteiger partial charge in [-0.15, -0.1) is 0 Å². The summed E-state index contributed by atoms with van der Waals surface area (Å²) in [4.78, 5) is 20.4. The summed E-state index contributed by atoms with van der Waals surface area (Å²) < 4.78 is 0. The molecule has 0 aromatic carbocycles. The predicted octanol–water partition coefficient (Wildman–Crippen LogP) is 1.53. The van der Waals surface area contributed by atoms with Crippen molar-refractivity contribution in [1.29, 1.82) is 0 Å². The highest BCUT2D eigenvalue weighted by Crippen LogP contribution is 1.86. The minimum absolute atomic E-state index is 0.0225. The quantitative estimate of drug-likeness (QED) is 0.395. The molecule has 0 bridgehead atoms. The summed E-state index contributed by atoms with van der Waals surface area (Å²) in [5.41, 5.74) is 0. The molecule has 0 spiro atoms. The van der Waals surface area contributed by atoms with E-state index in [1.54, 1.807) is 24.6 Å². The summed E-state index contributed by atoms with van der Waals surface area (Å²) in [6, 6.07) is 0. The van der Waals surface area contributed by atoms with Gasteiger partial charge in [0.1, 0.15) is 6.08 Å². The van der Waals surface area contributed by atoms with Crippen LogP contribution < -0.4 is 0 Å². The second-order valence-electron chi connectivity index (χ2n) is 2.24. The van der Waals surface area contributed by atoms with Crippen molar-refractivity contribution in [3.63, 3.8) is 0 Å². The van der Waals surface area contributed by atoms with Crippen LogP contribution in [0.2, 0.25) is 0 Å². The Balaban J connectivity index is 3.65. The molecule has 13 heavy (non-hydrogen) atoms. The van der Waals surface area contributed by atoms with Crippen LogP contribution in [-0.4, -0.2) is 16.9 Å². The third kappa shape index (κ3) is 10.2. The summed E-state index contributed by atoms with van der Waals surface area (Å²) in [6.45, 7) is 1.46.